The molecule has 3 heterocycles. The lowest BCUT2D eigenvalue weighted by molar-refractivity contribution is -0.142. The molecule has 2 aliphatic rings. The maximum atomic E-state index is 16.0. The molecule has 0 aliphatic carbocycles. The highest BCUT2D eigenvalue weighted by Crippen LogP contribution is 2.40. The lowest BCUT2D eigenvalue weighted by Crippen LogP contribution is -2.57. The minimum atomic E-state index is -1.22. The predicted molar refractivity (Wildman–Crippen MR) is 275 cm³/mol. The number of aromatic nitrogens is 1. The summed E-state index contributed by atoms with van der Waals surface area (Å²) >= 11 is 4.79. The van der Waals surface area contributed by atoms with Crippen molar-refractivity contribution in [3.63, 3.8) is 0 Å². The second kappa shape index (κ2) is 24.7. The number of likely N-dealkylation sites (N-methyl/N-ethyl adjacent to an activating group) is 1. The molecule has 0 spiro atoms. The van der Waals surface area contributed by atoms with E-state index in [1.165, 1.54) is 28.3 Å². The fourth-order valence-electron chi connectivity index (χ4n) is 7.80. The van der Waals surface area contributed by atoms with E-state index in [9.17, 15) is 24.0 Å². The number of hydrogen-bond acceptors (Lipinski definition) is 12. The van der Waals surface area contributed by atoms with Crippen LogP contribution in [-0.2, 0) is 41.6 Å². The summed E-state index contributed by atoms with van der Waals surface area (Å²) in [4.78, 5) is 85.1. The Morgan fingerprint density at radius 2 is 1.39 bits per heavy atom. The molecule has 0 unspecified atom stereocenters. The van der Waals surface area contributed by atoms with Gasteiger partial charge in [0.2, 0.25) is 17.7 Å². The first-order valence-electron chi connectivity index (χ1n) is 23.9. The second-order valence-corrected chi connectivity index (χ2v) is 22.4. The van der Waals surface area contributed by atoms with Crippen LogP contribution in [-0.4, -0.2) is 119 Å². The van der Waals surface area contributed by atoms with Gasteiger partial charge in [-0.25, -0.2) is 19.5 Å². The number of carbonyl (C=O) groups is 6. The molecule has 0 saturated heterocycles. The summed E-state index contributed by atoms with van der Waals surface area (Å²) in [5.74, 6) is -1.65. The summed E-state index contributed by atoms with van der Waals surface area (Å²) in [6.07, 6.45) is 2.89. The van der Waals surface area contributed by atoms with Crippen molar-refractivity contribution in [1.82, 2.24) is 41.2 Å². The number of nitrogens with zero attached hydrogens (tertiary/aromatic N) is 3. The Balaban J connectivity index is 1.56. The SMILES string of the molecule is CN1C(=O)[C@H](CCCCNC(=O)OC(C)(C)C)NC(=O)[C@H](CCCNC(=O)OC(C)(C)C)NCc2ccccc2SC2=C(CNC(=O)[C@@H]1Cc1cn(C(=O)OC(C)(C)C)c3ccccc13)C(Br)=CCN2F. The second-order valence-electron chi connectivity index (χ2n) is 20.5. The Labute approximate surface area is 428 Å². The molecular weight excluding hydrogens is 1000 g/mol. The van der Waals surface area contributed by atoms with Gasteiger partial charge in [-0.2, -0.15) is 0 Å². The number of alkyl carbamates (subject to hydrolysis) is 2. The van der Waals surface area contributed by atoms with Gasteiger partial charge in [0.25, 0.3) is 0 Å². The number of nitrogens with one attached hydrogen (secondary N) is 5. The minimum absolute atomic E-state index is 0.0552. The van der Waals surface area contributed by atoms with Crippen molar-refractivity contribution in [2.24, 2.45) is 0 Å². The maximum Gasteiger partial charge on any atom is 0.419 e. The normalized spacial score (nSPS) is 18.9. The monoisotopic (exact) mass is 1070 g/mol. The molecule has 3 aromatic rings. The van der Waals surface area contributed by atoms with E-state index in [1.807, 2.05) is 36.4 Å². The highest BCUT2D eigenvalue weighted by atomic mass is 79.9. The number of amides is 5. The van der Waals surface area contributed by atoms with Gasteiger partial charge in [-0.15, -0.1) is 0 Å². The van der Waals surface area contributed by atoms with Crippen LogP contribution < -0.4 is 26.6 Å². The Morgan fingerprint density at radius 1 is 0.789 bits per heavy atom. The highest BCUT2D eigenvalue weighted by molar-refractivity contribution is 9.12. The zero-order chi connectivity index (χ0) is 52.3. The third kappa shape index (κ3) is 17.0. The molecule has 0 radical (unpaired) electrons. The Kier molecular flexibility index (Phi) is 19.6. The van der Waals surface area contributed by atoms with Crippen LogP contribution in [0.1, 0.15) is 106 Å². The zero-order valence-corrected chi connectivity index (χ0v) is 44.9. The van der Waals surface area contributed by atoms with Crippen molar-refractivity contribution in [2.45, 2.75) is 147 Å². The fraction of sp³-hybridized carbons (Fsp3) is 0.529. The number of benzene rings is 2. The van der Waals surface area contributed by atoms with Gasteiger partial charge in [0, 0.05) is 66.2 Å². The Hall–Kier alpha value is -5.60. The summed E-state index contributed by atoms with van der Waals surface area (Å²) in [5, 5.41) is 16.3. The van der Waals surface area contributed by atoms with E-state index in [4.69, 9.17) is 14.2 Å². The van der Waals surface area contributed by atoms with Gasteiger partial charge in [0.15, 0.2) is 0 Å². The third-order valence-corrected chi connectivity index (χ3v) is 13.2. The molecule has 17 nitrogen and oxygen atoms in total. The Morgan fingerprint density at radius 3 is 2.06 bits per heavy atom. The molecule has 5 rings (SSSR count). The zero-order valence-electron chi connectivity index (χ0n) is 42.5. The number of unbranched alkanes of at least 4 members (excludes halogenated alkanes) is 1. The highest BCUT2D eigenvalue weighted by Gasteiger charge is 2.36. The third-order valence-electron chi connectivity index (χ3n) is 11.1. The summed E-state index contributed by atoms with van der Waals surface area (Å²) in [5.41, 5.74) is 0.106. The van der Waals surface area contributed by atoms with E-state index < -0.39 is 70.9 Å². The quantitative estimate of drug-likeness (QED) is 0.0699. The smallest absolute Gasteiger partial charge is 0.419 e. The maximum absolute atomic E-state index is 16.0. The number of hydrogen-bond donors (Lipinski definition) is 5. The van der Waals surface area contributed by atoms with Crippen molar-refractivity contribution in [3.05, 3.63) is 87.0 Å². The van der Waals surface area contributed by atoms with Gasteiger partial charge in [0.05, 0.1) is 18.1 Å². The van der Waals surface area contributed by atoms with Crippen molar-refractivity contribution >= 4 is 74.6 Å². The van der Waals surface area contributed by atoms with Crippen LogP contribution in [0.25, 0.3) is 10.9 Å². The lowest BCUT2D eigenvalue weighted by atomic mass is 10.0. The summed E-state index contributed by atoms with van der Waals surface area (Å²) in [6.45, 7) is 16.3. The Bertz CT molecular complexity index is 2480. The van der Waals surface area contributed by atoms with Gasteiger partial charge in [-0.05, 0) is 124 Å². The predicted octanol–water partition coefficient (Wildman–Crippen LogP) is 8.35. The molecule has 2 aromatic carbocycles. The van der Waals surface area contributed by atoms with Crippen molar-refractivity contribution < 1.29 is 47.5 Å². The first-order chi connectivity index (χ1) is 33.3. The minimum Gasteiger partial charge on any atom is -0.444 e. The van der Waals surface area contributed by atoms with E-state index in [-0.39, 0.29) is 57.0 Å². The number of ether oxygens (including phenoxy) is 3. The molecule has 5 N–H and O–H groups in total. The number of halogens is 2. The van der Waals surface area contributed by atoms with Crippen LogP contribution in [0.15, 0.2) is 80.8 Å². The van der Waals surface area contributed by atoms with Crippen LogP contribution in [0.2, 0.25) is 0 Å². The first kappa shape index (κ1) is 56.3. The molecular formula is C51H70BrFN8O9S. The number of para-hydroxylation sites is 1. The number of thioether (sulfide) groups is 1. The number of carbonyl (C=O) groups excluding carboxylic acids is 6. The molecule has 2 aliphatic heterocycles. The molecule has 1 aromatic heterocycles. The lowest BCUT2D eigenvalue weighted by Gasteiger charge is -2.32. The topological polar surface area (TPSA) is 202 Å². The largest absolute Gasteiger partial charge is 0.444 e. The molecule has 388 valence electrons. The van der Waals surface area contributed by atoms with E-state index in [1.54, 1.807) is 86.7 Å². The molecule has 3 atom stereocenters. The van der Waals surface area contributed by atoms with Gasteiger partial charge in [0.1, 0.15) is 33.9 Å². The molecule has 0 bridgehead atoms. The van der Waals surface area contributed by atoms with Crippen LogP contribution in [0.3, 0.4) is 0 Å². The average molecular weight is 1070 g/mol. The van der Waals surface area contributed by atoms with Gasteiger partial charge in [-0.3, -0.25) is 19.0 Å². The molecule has 20 heteroatoms. The molecule has 0 saturated carbocycles. The van der Waals surface area contributed by atoms with Gasteiger partial charge < -0.3 is 45.7 Å². The molecule has 5 amide bonds. The standard InChI is InChI=1S/C51H70BrFN8O9S/c1-49(2,3)68-46(65)54-25-16-15-20-38-44(64)59(10)40(28-33-31-60(48(67)70-51(7,8)9)39-22-13-12-19-34(33)39)43(63)57-30-35-36(52)24-27-61(53)45(35)71-41-23-14-11-18-32(41)29-56-37(42(62)58-38)21-17-26-55-47(66)69-50(4,5)6/h11-14,18-19,22-24,31,37-38,40,56H,15-17,20-21,25-30H2,1-10H3,(H,54,65)(H,55,66)(H,57,63)(H,58,62)/t37-,38-,40-/m0/s1. The van der Waals surface area contributed by atoms with Crippen LogP contribution in [0.4, 0.5) is 18.9 Å². The van der Waals surface area contributed by atoms with E-state index in [0.29, 0.717) is 55.8 Å². The van der Waals surface area contributed by atoms with Crippen LogP contribution in [0.5, 0.6) is 0 Å². The van der Waals surface area contributed by atoms with Gasteiger partial charge in [-0.1, -0.05) is 68.6 Å². The number of rotatable bonds is 11. The molecule has 0 fully saturated rings. The summed E-state index contributed by atoms with van der Waals surface area (Å²) < 4.78 is 34.5. The molecule has 71 heavy (non-hydrogen) atoms. The fourth-order valence-corrected chi connectivity index (χ4v) is 9.51. The summed E-state index contributed by atoms with van der Waals surface area (Å²) in [7, 11) is 1.49. The average Bonchev–Trinajstić information content (AvgIpc) is 3.64. The van der Waals surface area contributed by atoms with E-state index in [2.05, 4.69) is 42.5 Å². The number of fused-ring (bicyclic) bond motifs is 2. The van der Waals surface area contributed by atoms with Crippen molar-refractivity contribution in [3.8, 4) is 0 Å². The van der Waals surface area contributed by atoms with Crippen LogP contribution >= 0.6 is 27.7 Å². The first-order valence-corrected chi connectivity index (χ1v) is 25.5. The van der Waals surface area contributed by atoms with E-state index in [0.717, 1.165) is 5.56 Å². The van der Waals surface area contributed by atoms with Gasteiger partial charge >= 0.3 is 18.3 Å². The van der Waals surface area contributed by atoms with E-state index >= 15 is 9.28 Å². The van der Waals surface area contributed by atoms with Crippen molar-refractivity contribution in [2.75, 3.05) is 33.2 Å². The summed E-state index contributed by atoms with van der Waals surface area (Å²) in [6, 6.07) is 11.3. The van der Waals surface area contributed by atoms with Crippen molar-refractivity contribution in [1.29, 1.82) is 0 Å². The van der Waals surface area contributed by atoms with Crippen LogP contribution in [0, 0.1) is 0 Å².